The summed E-state index contributed by atoms with van der Waals surface area (Å²) in [6, 6.07) is 4.00. The molecular formula is C9H10O5. The van der Waals surface area contributed by atoms with E-state index in [1.54, 1.807) is 0 Å². The third-order valence-electron chi connectivity index (χ3n) is 1.77. The van der Waals surface area contributed by atoms with E-state index in [9.17, 15) is 15.0 Å². The van der Waals surface area contributed by atoms with Gasteiger partial charge in [-0.15, -0.1) is 0 Å². The van der Waals surface area contributed by atoms with Crippen LogP contribution < -0.4 is 0 Å². The molecule has 1 aromatic carbocycles. The van der Waals surface area contributed by atoms with Crippen LogP contribution in [0.5, 0.6) is 11.5 Å². The average molecular weight is 198 g/mol. The number of carbonyl (C=O) groups is 1. The van der Waals surface area contributed by atoms with E-state index in [4.69, 9.17) is 10.2 Å². The molecule has 0 radical (unpaired) electrons. The first-order valence-electron chi connectivity index (χ1n) is 3.93. The molecule has 0 saturated carbocycles. The normalized spacial score (nSPS) is 12.4. The molecule has 1 unspecified atom stereocenters. The minimum Gasteiger partial charge on any atom is -0.504 e. The predicted octanol–water partition coefficient (Wildman–Crippen LogP) is 0.606. The number of carboxylic acid groups (broad SMARTS) is 1. The Morgan fingerprint density at radius 2 is 2.00 bits per heavy atom. The van der Waals surface area contributed by atoms with Gasteiger partial charge in [0.25, 0.3) is 0 Å². The van der Waals surface area contributed by atoms with Crippen molar-refractivity contribution in [2.75, 3.05) is 0 Å². The van der Waals surface area contributed by atoms with E-state index in [1.165, 1.54) is 18.2 Å². The molecule has 5 heteroatoms. The smallest absolute Gasteiger partial charge is 0.306 e. The maximum Gasteiger partial charge on any atom is 0.306 e. The Bertz CT molecular complexity index is 347. The van der Waals surface area contributed by atoms with Gasteiger partial charge in [-0.3, -0.25) is 4.79 Å². The maximum absolute atomic E-state index is 10.3. The molecule has 0 bridgehead atoms. The van der Waals surface area contributed by atoms with Crippen LogP contribution in [0.2, 0.25) is 0 Å². The van der Waals surface area contributed by atoms with E-state index in [-0.39, 0.29) is 11.3 Å². The van der Waals surface area contributed by atoms with Gasteiger partial charge in [0.15, 0.2) is 11.5 Å². The van der Waals surface area contributed by atoms with Crippen LogP contribution in [0.1, 0.15) is 18.1 Å². The van der Waals surface area contributed by atoms with Gasteiger partial charge in [0, 0.05) is 5.56 Å². The second-order valence-corrected chi connectivity index (χ2v) is 2.83. The van der Waals surface area contributed by atoms with E-state index >= 15 is 0 Å². The lowest BCUT2D eigenvalue weighted by molar-refractivity contribution is -0.139. The standard InChI is InChI=1S/C9H10O5/c10-6-3-1-2-5(9(6)14)7(11)4-8(12)13/h1-3,7,10-11,14H,4H2,(H,12,13). The summed E-state index contributed by atoms with van der Waals surface area (Å²) in [7, 11) is 0. The van der Waals surface area contributed by atoms with Crippen molar-refractivity contribution in [3.05, 3.63) is 23.8 Å². The lowest BCUT2D eigenvalue weighted by Crippen LogP contribution is -2.05. The number of phenolic OH excluding ortho intramolecular Hbond substituents is 2. The SMILES string of the molecule is O=C(O)CC(O)c1cccc(O)c1O. The molecule has 1 atom stereocenters. The van der Waals surface area contributed by atoms with Gasteiger partial charge in [-0.25, -0.2) is 0 Å². The first kappa shape index (κ1) is 10.3. The number of aliphatic carboxylic acids is 1. The van der Waals surface area contributed by atoms with Gasteiger partial charge in [0.1, 0.15) is 0 Å². The van der Waals surface area contributed by atoms with Gasteiger partial charge in [0.2, 0.25) is 0 Å². The molecule has 5 nitrogen and oxygen atoms in total. The Morgan fingerprint density at radius 3 is 2.57 bits per heavy atom. The van der Waals surface area contributed by atoms with Gasteiger partial charge in [-0.05, 0) is 6.07 Å². The molecule has 1 aromatic rings. The monoisotopic (exact) mass is 198 g/mol. The highest BCUT2D eigenvalue weighted by Gasteiger charge is 2.17. The fourth-order valence-corrected chi connectivity index (χ4v) is 1.09. The molecule has 0 aliphatic rings. The van der Waals surface area contributed by atoms with Crippen molar-refractivity contribution in [3.8, 4) is 11.5 Å². The van der Waals surface area contributed by atoms with Crippen molar-refractivity contribution in [3.63, 3.8) is 0 Å². The molecule has 0 aliphatic heterocycles. The number of aliphatic hydroxyl groups excluding tert-OH is 1. The van der Waals surface area contributed by atoms with E-state index < -0.39 is 24.2 Å². The zero-order chi connectivity index (χ0) is 10.7. The molecule has 0 fully saturated rings. The number of hydrogen-bond donors (Lipinski definition) is 4. The second-order valence-electron chi connectivity index (χ2n) is 2.83. The first-order valence-corrected chi connectivity index (χ1v) is 3.93. The summed E-state index contributed by atoms with van der Waals surface area (Å²) in [6.07, 6.45) is -1.84. The first-order chi connectivity index (χ1) is 6.52. The molecule has 0 aromatic heterocycles. The number of para-hydroxylation sites is 1. The predicted molar refractivity (Wildman–Crippen MR) is 47.0 cm³/mol. The van der Waals surface area contributed by atoms with Gasteiger partial charge >= 0.3 is 5.97 Å². The summed E-state index contributed by atoms with van der Waals surface area (Å²) < 4.78 is 0. The number of benzene rings is 1. The summed E-state index contributed by atoms with van der Waals surface area (Å²) in [5.41, 5.74) is 0.00685. The van der Waals surface area contributed by atoms with E-state index in [2.05, 4.69) is 0 Å². The van der Waals surface area contributed by atoms with E-state index in [1.807, 2.05) is 0 Å². The van der Waals surface area contributed by atoms with Gasteiger partial charge in [-0.1, -0.05) is 12.1 Å². The van der Waals surface area contributed by atoms with Crippen molar-refractivity contribution >= 4 is 5.97 Å². The van der Waals surface area contributed by atoms with Crippen molar-refractivity contribution in [2.45, 2.75) is 12.5 Å². The van der Waals surface area contributed by atoms with Gasteiger partial charge < -0.3 is 20.4 Å². The zero-order valence-electron chi connectivity index (χ0n) is 7.21. The highest BCUT2D eigenvalue weighted by molar-refractivity contribution is 5.68. The molecule has 0 heterocycles. The summed E-state index contributed by atoms with van der Waals surface area (Å²) >= 11 is 0. The number of aliphatic hydroxyl groups is 1. The average Bonchev–Trinajstić information content (AvgIpc) is 2.08. The van der Waals surface area contributed by atoms with Crippen molar-refractivity contribution in [1.29, 1.82) is 0 Å². The molecule has 4 N–H and O–H groups in total. The third kappa shape index (κ3) is 2.14. The number of rotatable bonds is 3. The lowest BCUT2D eigenvalue weighted by Gasteiger charge is -2.10. The molecule has 14 heavy (non-hydrogen) atoms. The minimum absolute atomic E-state index is 0.00685. The summed E-state index contributed by atoms with van der Waals surface area (Å²) in [6.45, 7) is 0. The Labute approximate surface area is 79.9 Å². The molecule has 0 saturated heterocycles. The highest BCUT2D eigenvalue weighted by atomic mass is 16.4. The summed E-state index contributed by atoms with van der Waals surface area (Å²) in [5, 5.41) is 36.1. The van der Waals surface area contributed by atoms with E-state index in [0.29, 0.717) is 0 Å². The van der Waals surface area contributed by atoms with Crippen molar-refractivity contribution < 1.29 is 25.2 Å². The van der Waals surface area contributed by atoms with Crippen LogP contribution in [0.4, 0.5) is 0 Å². The number of aromatic hydroxyl groups is 2. The van der Waals surface area contributed by atoms with Crippen LogP contribution in [0.15, 0.2) is 18.2 Å². The van der Waals surface area contributed by atoms with Crippen molar-refractivity contribution in [1.82, 2.24) is 0 Å². The zero-order valence-corrected chi connectivity index (χ0v) is 7.21. The molecule has 0 aliphatic carbocycles. The lowest BCUT2D eigenvalue weighted by atomic mass is 10.1. The summed E-state index contributed by atoms with van der Waals surface area (Å²) in [4.78, 5) is 10.3. The number of phenols is 2. The van der Waals surface area contributed by atoms with Crippen LogP contribution in [0.25, 0.3) is 0 Å². The van der Waals surface area contributed by atoms with Crippen LogP contribution in [0.3, 0.4) is 0 Å². The van der Waals surface area contributed by atoms with Crippen LogP contribution in [-0.2, 0) is 4.79 Å². The molecular weight excluding hydrogens is 188 g/mol. The minimum atomic E-state index is -1.32. The Kier molecular flexibility index (Phi) is 2.93. The molecule has 0 spiro atoms. The second kappa shape index (κ2) is 3.97. The van der Waals surface area contributed by atoms with Crippen molar-refractivity contribution in [2.24, 2.45) is 0 Å². The number of hydrogen-bond acceptors (Lipinski definition) is 4. The Morgan fingerprint density at radius 1 is 1.36 bits per heavy atom. The molecule has 1 rings (SSSR count). The van der Waals surface area contributed by atoms with Gasteiger partial charge in [0.05, 0.1) is 12.5 Å². The topological polar surface area (TPSA) is 98.0 Å². The Hall–Kier alpha value is -1.75. The Balaban J connectivity index is 2.95. The van der Waals surface area contributed by atoms with Gasteiger partial charge in [-0.2, -0.15) is 0 Å². The quantitative estimate of drug-likeness (QED) is 0.533. The van der Waals surface area contributed by atoms with Crippen LogP contribution >= 0.6 is 0 Å². The summed E-state index contributed by atoms with van der Waals surface area (Å²) in [5.74, 6) is -2.05. The van der Waals surface area contributed by atoms with E-state index in [0.717, 1.165) is 0 Å². The maximum atomic E-state index is 10.3. The molecule has 0 amide bonds. The number of carboxylic acids is 1. The largest absolute Gasteiger partial charge is 0.504 e. The third-order valence-corrected chi connectivity index (χ3v) is 1.77. The highest BCUT2D eigenvalue weighted by Crippen LogP contribution is 2.33. The fraction of sp³-hybridized carbons (Fsp3) is 0.222. The fourth-order valence-electron chi connectivity index (χ4n) is 1.09. The van der Waals surface area contributed by atoms with Crippen LogP contribution in [0, 0.1) is 0 Å². The van der Waals surface area contributed by atoms with Crippen LogP contribution in [-0.4, -0.2) is 26.4 Å². The molecule has 76 valence electrons.